The van der Waals surface area contributed by atoms with Crippen molar-refractivity contribution in [2.24, 2.45) is 0 Å². The Bertz CT molecular complexity index is 288. The van der Waals surface area contributed by atoms with Gasteiger partial charge in [0.05, 0.1) is 5.69 Å². The van der Waals surface area contributed by atoms with Crippen LogP contribution in [0.2, 0.25) is 0 Å². The normalized spacial score (nSPS) is 11.6. The van der Waals surface area contributed by atoms with E-state index in [9.17, 15) is 4.79 Å². The van der Waals surface area contributed by atoms with Gasteiger partial charge in [-0.25, -0.2) is 4.79 Å². The maximum Gasteiger partial charge on any atom is 0.331 e. The Morgan fingerprint density at radius 3 is 3.00 bits per heavy atom. The molecule has 0 amide bonds. The van der Waals surface area contributed by atoms with Crippen LogP contribution in [-0.4, -0.2) is 21.3 Å². The number of hydrogen-bond donors (Lipinski definition) is 2. The number of carboxylic acids is 1. The van der Waals surface area contributed by atoms with Crippen molar-refractivity contribution in [2.45, 2.75) is 13.3 Å². The first-order valence-corrected chi connectivity index (χ1v) is 3.67. The minimum Gasteiger partial charge on any atom is -0.478 e. The number of aromatic amines is 1. The Hall–Kier alpha value is -1.58. The Kier molecular flexibility index (Phi) is 2.63. The van der Waals surface area contributed by atoms with Crippen molar-refractivity contribution < 1.29 is 9.90 Å². The third-order valence-electron chi connectivity index (χ3n) is 1.51. The molecule has 1 aromatic heterocycles. The van der Waals surface area contributed by atoms with Crippen molar-refractivity contribution >= 4 is 12.0 Å². The van der Waals surface area contributed by atoms with E-state index in [0.29, 0.717) is 17.7 Å². The zero-order valence-electron chi connectivity index (χ0n) is 6.74. The molecule has 0 unspecified atom stereocenters. The molecule has 0 aliphatic heterocycles. The standard InChI is InChI=1S/C8H10N2O2/c1-2-6(8(11)12)5-7-3-4-9-10-7/h3-5H,2H2,1H3,(H,9,10)(H,11,12)/b6-5+. The van der Waals surface area contributed by atoms with Crippen molar-refractivity contribution in [3.63, 3.8) is 0 Å². The Morgan fingerprint density at radius 1 is 1.83 bits per heavy atom. The van der Waals surface area contributed by atoms with E-state index in [1.165, 1.54) is 0 Å². The number of nitrogens with one attached hydrogen (secondary N) is 1. The second-order valence-corrected chi connectivity index (χ2v) is 2.34. The highest BCUT2D eigenvalue weighted by molar-refractivity contribution is 5.91. The number of H-pyrrole nitrogens is 1. The van der Waals surface area contributed by atoms with Crippen LogP contribution in [0, 0.1) is 0 Å². The van der Waals surface area contributed by atoms with Gasteiger partial charge in [-0.1, -0.05) is 6.92 Å². The third kappa shape index (κ3) is 1.95. The summed E-state index contributed by atoms with van der Waals surface area (Å²) in [6.45, 7) is 1.80. The van der Waals surface area contributed by atoms with Crippen LogP contribution in [0.5, 0.6) is 0 Å². The summed E-state index contributed by atoms with van der Waals surface area (Å²) in [5, 5.41) is 15.0. The zero-order valence-corrected chi connectivity index (χ0v) is 6.74. The highest BCUT2D eigenvalue weighted by Gasteiger charge is 2.03. The van der Waals surface area contributed by atoms with Gasteiger partial charge in [0, 0.05) is 11.8 Å². The highest BCUT2D eigenvalue weighted by atomic mass is 16.4. The Labute approximate surface area is 69.9 Å². The van der Waals surface area contributed by atoms with Crippen LogP contribution in [0.3, 0.4) is 0 Å². The van der Waals surface area contributed by atoms with Crippen LogP contribution in [0.25, 0.3) is 6.08 Å². The van der Waals surface area contributed by atoms with Crippen LogP contribution in [0.1, 0.15) is 19.0 Å². The molecule has 2 N–H and O–H groups in total. The van der Waals surface area contributed by atoms with Gasteiger partial charge in [-0.2, -0.15) is 5.10 Å². The molecule has 0 aliphatic rings. The molecular formula is C8H10N2O2. The van der Waals surface area contributed by atoms with Crippen molar-refractivity contribution in [3.05, 3.63) is 23.5 Å². The molecule has 0 atom stereocenters. The Balaban J connectivity index is 2.85. The second kappa shape index (κ2) is 3.71. The minimum atomic E-state index is -0.882. The predicted molar refractivity (Wildman–Crippen MR) is 44.5 cm³/mol. The molecular weight excluding hydrogens is 156 g/mol. The predicted octanol–water partition coefficient (Wildman–Crippen LogP) is 1.29. The van der Waals surface area contributed by atoms with Gasteiger partial charge >= 0.3 is 5.97 Å². The van der Waals surface area contributed by atoms with Crippen molar-refractivity contribution in [3.8, 4) is 0 Å². The number of hydrogen-bond acceptors (Lipinski definition) is 2. The molecule has 1 heterocycles. The molecule has 12 heavy (non-hydrogen) atoms. The fraction of sp³-hybridized carbons (Fsp3) is 0.250. The van der Waals surface area contributed by atoms with E-state index in [1.54, 1.807) is 25.3 Å². The molecule has 0 fully saturated rings. The maximum absolute atomic E-state index is 10.6. The summed E-state index contributed by atoms with van der Waals surface area (Å²) in [4.78, 5) is 10.6. The van der Waals surface area contributed by atoms with Gasteiger partial charge in [0.15, 0.2) is 0 Å². The van der Waals surface area contributed by atoms with Crippen LogP contribution in [-0.2, 0) is 4.79 Å². The van der Waals surface area contributed by atoms with Gasteiger partial charge in [-0.3, -0.25) is 5.10 Å². The van der Waals surface area contributed by atoms with Crippen LogP contribution in [0.4, 0.5) is 0 Å². The lowest BCUT2D eigenvalue weighted by Crippen LogP contribution is -1.98. The van der Waals surface area contributed by atoms with Gasteiger partial charge < -0.3 is 5.11 Å². The fourth-order valence-corrected chi connectivity index (χ4v) is 0.850. The van der Waals surface area contributed by atoms with Gasteiger partial charge in [0.1, 0.15) is 0 Å². The lowest BCUT2D eigenvalue weighted by molar-refractivity contribution is -0.132. The second-order valence-electron chi connectivity index (χ2n) is 2.34. The molecule has 0 bridgehead atoms. The van der Waals surface area contributed by atoms with Crippen molar-refractivity contribution in [1.29, 1.82) is 0 Å². The van der Waals surface area contributed by atoms with E-state index < -0.39 is 5.97 Å². The lowest BCUT2D eigenvalue weighted by Gasteiger charge is -1.94. The van der Waals surface area contributed by atoms with Crippen molar-refractivity contribution in [1.82, 2.24) is 10.2 Å². The molecule has 0 saturated carbocycles. The number of carboxylic acid groups (broad SMARTS) is 1. The van der Waals surface area contributed by atoms with Crippen molar-refractivity contribution in [2.75, 3.05) is 0 Å². The smallest absolute Gasteiger partial charge is 0.331 e. The van der Waals surface area contributed by atoms with Gasteiger partial charge in [-0.15, -0.1) is 0 Å². The maximum atomic E-state index is 10.6. The monoisotopic (exact) mass is 166 g/mol. The van der Waals surface area contributed by atoms with E-state index in [2.05, 4.69) is 10.2 Å². The summed E-state index contributed by atoms with van der Waals surface area (Å²) in [6, 6.07) is 1.72. The van der Waals surface area contributed by atoms with E-state index in [0.717, 1.165) is 0 Å². The van der Waals surface area contributed by atoms with Crippen LogP contribution < -0.4 is 0 Å². The number of aromatic nitrogens is 2. The number of aliphatic carboxylic acids is 1. The van der Waals surface area contributed by atoms with E-state index in [1.807, 2.05) is 0 Å². The first kappa shape index (κ1) is 8.52. The molecule has 1 rings (SSSR count). The van der Waals surface area contributed by atoms with Crippen LogP contribution >= 0.6 is 0 Å². The summed E-state index contributed by atoms with van der Waals surface area (Å²) in [7, 11) is 0. The number of carbonyl (C=O) groups is 1. The van der Waals surface area contributed by atoms with Gasteiger partial charge in [0.2, 0.25) is 0 Å². The summed E-state index contributed by atoms with van der Waals surface area (Å²) >= 11 is 0. The summed E-state index contributed by atoms with van der Waals surface area (Å²) < 4.78 is 0. The molecule has 4 nitrogen and oxygen atoms in total. The number of rotatable bonds is 3. The Morgan fingerprint density at radius 2 is 2.58 bits per heavy atom. The molecule has 0 saturated heterocycles. The average molecular weight is 166 g/mol. The minimum absolute atomic E-state index is 0.374. The fourth-order valence-electron chi connectivity index (χ4n) is 0.850. The van der Waals surface area contributed by atoms with Gasteiger partial charge in [-0.05, 0) is 18.6 Å². The molecule has 1 aromatic rings. The average Bonchev–Trinajstić information content (AvgIpc) is 2.51. The van der Waals surface area contributed by atoms with E-state index in [-0.39, 0.29) is 0 Å². The van der Waals surface area contributed by atoms with E-state index >= 15 is 0 Å². The lowest BCUT2D eigenvalue weighted by atomic mass is 10.2. The summed E-state index contributed by atoms with van der Waals surface area (Å²) in [6.07, 6.45) is 3.67. The van der Waals surface area contributed by atoms with Crippen LogP contribution in [0.15, 0.2) is 17.8 Å². The quantitative estimate of drug-likeness (QED) is 0.665. The summed E-state index contributed by atoms with van der Waals surface area (Å²) in [5.41, 5.74) is 1.09. The molecule has 0 aliphatic carbocycles. The molecule has 0 aromatic carbocycles. The molecule has 4 heteroatoms. The zero-order chi connectivity index (χ0) is 8.97. The SMILES string of the molecule is CC/C(=C\c1ccn[nH]1)C(=O)O. The summed E-state index contributed by atoms with van der Waals surface area (Å²) in [5.74, 6) is -0.882. The molecule has 0 radical (unpaired) electrons. The topological polar surface area (TPSA) is 66.0 Å². The highest BCUT2D eigenvalue weighted by Crippen LogP contribution is 2.06. The first-order chi connectivity index (χ1) is 5.74. The number of nitrogens with zero attached hydrogens (tertiary/aromatic N) is 1. The molecule has 64 valence electrons. The first-order valence-electron chi connectivity index (χ1n) is 3.67. The largest absolute Gasteiger partial charge is 0.478 e. The van der Waals surface area contributed by atoms with Gasteiger partial charge in [0.25, 0.3) is 0 Å². The third-order valence-corrected chi connectivity index (χ3v) is 1.51. The molecule has 0 spiro atoms. The van der Waals surface area contributed by atoms with E-state index in [4.69, 9.17) is 5.11 Å².